The molecular formula is C14H21NO3. The highest BCUT2D eigenvalue weighted by molar-refractivity contribution is 5.86. The molecular weight excluding hydrogens is 230 g/mol. The summed E-state index contributed by atoms with van der Waals surface area (Å²) in [5.41, 5.74) is -0.553. The van der Waals surface area contributed by atoms with Gasteiger partial charge in [0.2, 0.25) is 0 Å². The van der Waals surface area contributed by atoms with E-state index in [2.05, 4.69) is 13.8 Å². The van der Waals surface area contributed by atoms with Crippen LogP contribution in [0.25, 0.3) is 0 Å². The fourth-order valence-corrected chi connectivity index (χ4v) is 2.04. The van der Waals surface area contributed by atoms with E-state index in [1.807, 2.05) is 0 Å². The molecule has 1 N–H and O–H groups in total. The van der Waals surface area contributed by atoms with Gasteiger partial charge in [-0.15, -0.1) is 0 Å². The molecule has 0 spiro atoms. The molecule has 0 amide bonds. The van der Waals surface area contributed by atoms with Crippen molar-refractivity contribution in [3.63, 3.8) is 0 Å². The number of carboxylic acids is 1. The van der Waals surface area contributed by atoms with E-state index in [1.54, 1.807) is 12.3 Å². The van der Waals surface area contributed by atoms with Crippen molar-refractivity contribution in [3.8, 4) is 0 Å². The summed E-state index contributed by atoms with van der Waals surface area (Å²) in [6.45, 7) is 4.85. The van der Waals surface area contributed by atoms with Crippen LogP contribution in [-0.2, 0) is 6.54 Å². The first-order valence-corrected chi connectivity index (χ1v) is 6.52. The van der Waals surface area contributed by atoms with Crippen LogP contribution >= 0.6 is 0 Å². The number of carbonyl (C=O) groups is 1. The van der Waals surface area contributed by atoms with E-state index in [1.165, 1.54) is 10.6 Å². The number of rotatable bonds is 7. The van der Waals surface area contributed by atoms with Gasteiger partial charge in [0.25, 0.3) is 5.56 Å². The van der Waals surface area contributed by atoms with Crippen LogP contribution in [0.4, 0.5) is 0 Å². The lowest BCUT2D eigenvalue weighted by Crippen LogP contribution is -2.28. The molecule has 18 heavy (non-hydrogen) atoms. The maximum Gasteiger partial charge on any atom is 0.341 e. The molecule has 1 rings (SSSR count). The topological polar surface area (TPSA) is 59.3 Å². The number of unbranched alkanes of at least 4 members (excludes halogenated alkanes) is 1. The van der Waals surface area contributed by atoms with Crippen molar-refractivity contribution in [2.24, 2.45) is 5.92 Å². The Bertz CT molecular complexity index is 451. The Kier molecular flexibility index (Phi) is 5.62. The van der Waals surface area contributed by atoms with E-state index in [0.29, 0.717) is 12.5 Å². The number of nitrogens with zero attached hydrogens (tertiary/aromatic N) is 1. The molecule has 0 aliphatic rings. The van der Waals surface area contributed by atoms with Gasteiger partial charge in [-0.25, -0.2) is 4.79 Å². The molecule has 0 bridgehead atoms. The Balaban J connectivity index is 2.86. The van der Waals surface area contributed by atoms with Gasteiger partial charge < -0.3 is 9.67 Å². The smallest absolute Gasteiger partial charge is 0.341 e. The van der Waals surface area contributed by atoms with E-state index in [0.717, 1.165) is 25.7 Å². The summed E-state index contributed by atoms with van der Waals surface area (Å²) < 4.78 is 1.52. The Morgan fingerprint density at radius 3 is 2.72 bits per heavy atom. The molecule has 1 atom stereocenters. The average molecular weight is 251 g/mol. The second-order valence-corrected chi connectivity index (χ2v) is 4.60. The third-order valence-electron chi connectivity index (χ3n) is 3.25. The molecule has 100 valence electrons. The van der Waals surface area contributed by atoms with Crippen molar-refractivity contribution in [2.45, 2.75) is 46.1 Å². The first-order valence-electron chi connectivity index (χ1n) is 6.52. The molecule has 4 heteroatoms. The van der Waals surface area contributed by atoms with E-state index >= 15 is 0 Å². The fraction of sp³-hybridized carbons (Fsp3) is 0.571. The third kappa shape index (κ3) is 3.72. The van der Waals surface area contributed by atoms with Gasteiger partial charge in [0.05, 0.1) is 0 Å². The van der Waals surface area contributed by atoms with Crippen LogP contribution in [-0.4, -0.2) is 15.6 Å². The maximum atomic E-state index is 11.9. The van der Waals surface area contributed by atoms with Crippen LogP contribution < -0.4 is 5.56 Å². The van der Waals surface area contributed by atoms with Crippen molar-refractivity contribution in [1.82, 2.24) is 4.57 Å². The molecule has 1 unspecified atom stereocenters. The van der Waals surface area contributed by atoms with E-state index in [9.17, 15) is 9.59 Å². The van der Waals surface area contributed by atoms with Gasteiger partial charge in [0, 0.05) is 12.7 Å². The Morgan fingerprint density at radius 2 is 2.17 bits per heavy atom. The van der Waals surface area contributed by atoms with Gasteiger partial charge in [-0.2, -0.15) is 0 Å². The van der Waals surface area contributed by atoms with Gasteiger partial charge >= 0.3 is 5.97 Å². The third-order valence-corrected chi connectivity index (χ3v) is 3.25. The predicted octanol–water partition coefficient (Wildman–Crippen LogP) is 2.76. The van der Waals surface area contributed by atoms with Crippen molar-refractivity contribution in [3.05, 3.63) is 34.2 Å². The normalized spacial score (nSPS) is 12.3. The van der Waals surface area contributed by atoms with Gasteiger partial charge in [-0.3, -0.25) is 4.79 Å². The largest absolute Gasteiger partial charge is 0.477 e. The van der Waals surface area contributed by atoms with Crippen LogP contribution in [0, 0.1) is 5.92 Å². The zero-order valence-corrected chi connectivity index (χ0v) is 11.1. The molecule has 0 aliphatic carbocycles. The maximum absolute atomic E-state index is 11.9. The summed E-state index contributed by atoms with van der Waals surface area (Å²) in [5, 5.41) is 8.91. The number of aromatic carboxylic acids is 1. The molecule has 0 saturated heterocycles. The lowest BCUT2D eigenvalue weighted by Gasteiger charge is -2.16. The minimum atomic E-state index is -1.16. The monoisotopic (exact) mass is 251 g/mol. The summed E-state index contributed by atoms with van der Waals surface area (Å²) in [6.07, 6.45) is 6.04. The molecule has 1 aromatic heterocycles. The number of aromatic nitrogens is 1. The van der Waals surface area contributed by atoms with Crippen LogP contribution in [0.15, 0.2) is 23.1 Å². The molecule has 1 heterocycles. The summed E-state index contributed by atoms with van der Waals surface area (Å²) in [6, 6.07) is 2.98. The van der Waals surface area contributed by atoms with Crippen LogP contribution in [0.1, 0.15) is 49.9 Å². The van der Waals surface area contributed by atoms with E-state index < -0.39 is 11.5 Å². The SMILES string of the molecule is CCCCC(CC)Cn1cccc(C(=O)O)c1=O. The fourth-order valence-electron chi connectivity index (χ4n) is 2.04. The van der Waals surface area contributed by atoms with Gasteiger partial charge in [-0.05, 0) is 24.5 Å². The minimum absolute atomic E-state index is 0.150. The van der Waals surface area contributed by atoms with Crippen LogP contribution in [0.3, 0.4) is 0 Å². The lowest BCUT2D eigenvalue weighted by atomic mass is 9.99. The van der Waals surface area contributed by atoms with Gasteiger partial charge in [-0.1, -0.05) is 33.1 Å². The Hall–Kier alpha value is -1.58. The average Bonchev–Trinajstić information content (AvgIpc) is 2.36. The zero-order chi connectivity index (χ0) is 13.5. The second-order valence-electron chi connectivity index (χ2n) is 4.60. The highest BCUT2D eigenvalue weighted by Crippen LogP contribution is 2.14. The number of pyridine rings is 1. The lowest BCUT2D eigenvalue weighted by molar-refractivity contribution is 0.0694. The van der Waals surface area contributed by atoms with E-state index in [-0.39, 0.29) is 5.56 Å². The minimum Gasteiger partial charge on any atom is -0.477 e. The predicted molar refractivity (Wildman–Crippen MR) is 71.0 cm³/mol. The number of hydrogen-bond donors (Lipinski definition) is 1. The summed E-state index contributed by atoms with van der Waals surface area (Å²) in [4.78, 5) is 22.8. The van der Waals surface area contributed by atoms with Crippen molar-refractivity contribution >= 4 is 5.97 Å². The molecule has 0 aliphatic heterocycles. The van der Waals surface area contributed by atoms with Gasteiger partial charge in [0.1, 0.15) is 5.56 Å². The van der Waals surface area contributed by atoms with Crippen LogP contribution in [0.2, 0.25) is 0 Å². The molecule has 0 fully saturated rings. The molecule has 0 aromatic carbocycles. The van der Waals surface area contributed by atoms with Crippen LogP contribution in [0.5, 0.6) is 0 Å². The zero-order valence-electron chi connectivity index (χ0n) is 11.1. The second kappa shape index (κ2) is 6.99. The first kappa shape index (κ1) is 14.5. The number of hydrogen-bond acceptors (Lipinski definition) is 2. The van der Waals surface area contributed by atoms with Crippen molar-refractivity contribution in [2.75, 3.05) is 0 Å². The number of carboxylic acid groups (broad SMARTS) is 1. The first-order chi connectivity index (χ1) is 8.60. The summed E-state index contributed by atoms with van der Waals surface area (Å²) in [5.74, 6) is -0.720. The highest BCUT2D eigenvalue weighted by Gasteiger charge is 2.13. The summed E-state index contributed by atoms with van der Waals surface area (Å²) in [7, 11) is 0. The summed E-state index contributed by atoms with van der Waals surface area (Å²) >= 11 is 0. The standard InChI is InChI=1S/C14H21NO3/c1-3-5-7-11(4-2)10-15-9-6-8-12(13(15)16)14(17)18/h6,8-9,11H,3-5,7,10H2,1-2H3,(H,17,18). The molecule has 1 aromatic rings. The molecule has 0 radical (unpaired) electrons. The molecule has 4 nitrogen and oxygen atoms in total. The Morgan fingerprint density at radius 1 is 1.44 bits per heavy atom. The molecule has 0 saturated carbocycles. The van der Waals surface area contributed by atoms with Gasteiger partial charge in [0.15, 0.2) is 0 Å². The Labute approximate surface area is 107 Å². The highest BCUT2D eigenvalue weighted by atomic mass is 16.4. The van der Waals surface area contributed by atoms with Crippen molar-refractivity contribution in [1.29, 1.82) is 0 Å². The van der Waals surface area contributed by atoms with E-state index in [4.69, 9.17) is 5.11 Å². The van der Waals surface area contributed by atoms with Crippen molar-refractivity contribution < 1.29 is 9.90 Å². The quantitative estimate of drug-likeness (QED) is 0.810.